The van der Waals surface area contributed by atoms with Gasteiger partial charge in [0.1, 0.15) is 9.77 Å². The lowest BCUT2D eigenvalue weighted by Gasteiger charge is -2.26. The molecule has 1 fully saturated rings. The van der Waals surface area contributed by atoms with Crippen LogP contribution >= 0.6 is 11.3 Å². The maximum absolute atomic E-state index is 12.8. The minimum Gasteiger partial charge on any atom is -0.379 e. The Balaban J connectivity index is 1.70. The summed E-state index contributed by atoms with van der Waals surface area (Å²) in [5, 5.41) is 4.35. The summed E-state index contributed by atoms with van der Waals surface area (Å²) < 4.78 is 32.2. The smallest absolute Gasteiger partial charge is 0.262 e. The van der Waals surface area contributed by atoms with E-state index in [0.29, 0.717) is 13.2 Å². The number of sulfonamides is 1. The lowest BCUT2D eigenvalue weighted by molar-refractivity contribution is 0.0730. The highest BCUT2D eigenvalue weighted by atomic mass is 32.2. The molecule has 7 nitrogen and oxygen atoms in total. The predicted molar refractivity (Wildman–Crippen MR) is 99.6 cm³/mol. The van der Waals surface area contributed by atoms with Gasteiger partial charge in [-0.3, -0.25) is 4.79 Å². The van der Waals surface area contributed by atoms with E-state index < -0.39 is 15.9 Å². The van der Waals surface area contributed by atoms with Crippen molar-refractivity contribution in [1.82, 2.24) is 9.62 Å². The molecule has 1 saturated heterocycles. The van der Waals surface area contributed by atoms with Crippen LogP contribution < -0.4 is 11.1 Å². The summed E-state index contributed by atoms with van der Waals surface area (Å²) in [6.45, 7) is 1.52. The van der Waals surface area contributed by atoms with Crippen LogP contribution in [-0.4, -0.2) is 51.5 Å². The van der Waals surface area contributed by atoms with Crippen molar-refractivity contribution in [2.24, 2.45) is 5.73 Å². The first-order valence-electron chi connectivity index (χ1n) is 8.24. The molecule has 1 aliphatic rings. The maximum Gasteiger partial charge on any atom is 0.262 e. The average Bonchev–Trinajstić information content (AvgIpc) is 3.18. The van der Waals surface area contributed by atoms with Crippen LogP contribution in [0, 0.1) is 0 Å². The number of ether oxygens (including phenoxy) is 1. The SMILES string of the molecule is NC(CNC(=O)c1sccc1S(=O)(=O)N1CCOCC1)c1ccccc1. The number of hydrogen-bond acceptors (Lipinski definition) is 6. The zero-order valence-corrected chi connectivity index (χ0v) is 15.8. The number of thiophene rings is 1. The number of nitrogens with two attached hydrogens (primary N) is 1. The van der Waals surface area contributed by atoms with Gasteiger partial charge in [0.05, 0.1) is 13.2 Å². The van der Waals surface area contributed by atoms with Gasteiger partial charge in [-0.15, -0.1) is 11.3 Å². The molecule has 1 aromatic carbocycles. The van der Waals surface area contributed by atoms with Crippen LogP contribution in [0.5, 0.6) is 0 Å². The number of amides is 1. The number of morpholine rings is 1. The fourth-order valence-corrected chi connectivity index (χ4v) is 5.42. The molecule has 26 heavy (non-hydrogen) atoms. The minimum atomic E-state index is -3.71. The Morgan fingerprint density at radius 1 is 1.23 bits per heavy atom. The summed E-state index contributed by atoms with van der Waals surface area (Å²) in [6, 6.07) is 10.5. The number of hydrogen-bond donors (Lipinski definition) is 2. The quantitative estimate of drug-likeness (QED) is 0.765. The lowest BCUT2D eigenvalue weighted by atomic mass is 10.1. The first-order valence-corrected chi connectivity index (χ1v) is 10.6. The number of benzene rings is 1. The van der Waals surface area contributed by atoms with Gasteiger partial charge in [-0.25, -0.2) is 8.42 Å². The van der Waals surface area contributed by atoms with Crippen molar-refractivity contribution in [2.75, 3.05) is 32.8 Å². The van der Waals surface area contributed by atoms with Crippen LogP contribution in [-0.2, 0) is 14.8 Å². The molecule has 1 unspecified atom stereocenters. The van der Waals surface area contributed by atoms with Gasteiger partial charge in [-0.05, 0) is 17.0 Å². The van der Waals surface area contributed by atoms with Gasteiger partial charge in [0.2, 0.25) is 10.0 Å². The van der Waals surface area contributed by atoms with E-state index in [0.717, 1.165) is 16.9 Å². The molecule has 0 radical (unpaired) electrons. The maximum atomic E-state index is 12.8. The zero-order chi connectivity index (χ0) is 18.6. The summed E-state index contributed by atoms with van der Waals surface area (Å²) in [7, 11) is -3.71. The summed E-state index contributed by atoms with van der Waals surface area (Å²) in [6.07, 6.45) is 0. The molecule has 1 aromatic heterocycles. The normalized spacial score (nSPS) is 17.0. The summed E-state index contributed by atoms with van der Waals surface area (Å²) in [5.74, 6) is -0.432. The Kier molecular flexibility index (Phi) is 6.05. The molecular weight excluding hydrogens is 374 g/mol. The molecule has 0 bridgehead atoms. The molecule has 2 aromatic rings. The van der Waals surface area contributed by atoms with Gasteiger partial charge >= 0.3 is 0 Å². The highest BCUT2D eigenvalue weighted by Crippen LogP contribution is 2.26. The van der Waals surface area contributed by atoms with Crippen molar-refractivity contribution in [2.45, 2.75) is 10.9 Å². The van der Waals surface area contributed by atoms with Gasteiger partial charge in [-0.2, -0.15) is 4.31 Å². The van der Waals surface area contributed by atoms with Crippen LogP contribution in [0.15, 0.2) is 46.7 Å². The first kappa shape index (κ1) is 19.0. The highest BCUT2D eigenvalue weighted by molar-refractivity contribution is 7.89. The number of rotatable bonds is 6. The van der Waals surface area contributed by atoms with Crippen molar-refractivity contribution in [3.05, 3.63) is 52.2 Å². The zero-order valence-electron chi connectivity index (χ0n) is 14.1. The number of nitrogens with zero attached hydrogens (tertiary/aromatic N) is 1. The second kappa shape index (κ2) is 8.28. The van der Waals surface area contributed by atoms with Gasteiger partial charge in [0.15, 0.2) is 0 Å². The lowest BCUT2D eigenvalue weighted by Crippen LogP contribution is -2.41. The van der Waals surface area contributed by atoms with Crippen LogP contribution in [0.25, 0.3) is 0 Å². The van der Waals surface area contributed by atoms with Gasteiger partial charge in [0, 0.05) is 25.7 Å². The number of nitrogens with one attached hydrogen (secondary N) is 1. The van der Waals surface area contributed by atoms with Gasteiger partial charge in [0.25, 0.3) is 5.91 Å². The Hall–Kier alpha value is -1.78. The monoisotopic (exact) mass is 395 g/mol. The predicted octanol–water partition coefficient (Wildman–Crippen LogP) is 1.20. The van der Waals surface area contributed by atoms with E-state index in [4.69, 9.17) is 10.5 Å². The van der Waals surface area contributed by atoms with E-state index >= 15 is 0 Å². The Labute approximate surface area is 156 Å². The molecule has 1 aliphatic heterocycles. The van der Waals surface area contributed by atoms with Crippen LogP contribution in [0.1, 0.15) is 21.3 Å². The van der Waals surface area contributed by atoms with Crippen molar-refractivity contribution in [1.29, 1.82) is 0 Å². The third-order valence-corrected chi connectivity index (χ3v) is 7.12. The third kappa shape index (κ3) is 4.13. The molecule has 1 amide bonds. The topological polar surface area (TPSA) is 102 Å². The van der Waals surface area contributed by atoms with E-state index in [1.807, 2.05) is 30.3 Å². The molecular formula is C17H21N3O4S2. The highest BCUT2D eigenvalue weighted by Gasteiger charge is 2.31. The summed E-state index contributed by atoms with van der Waals surface area (Å²) >= 11 is 1.11. The van der Waals surface area contributed by atoms with Gasteiger partial charge in [-0.1, -0.05) is 30.3 Å². The van der Waals surface area contributed by atoms with E-state index in [1.54, 1.807) is 5.38 Å². The molecule has 3 rings (SSSR count). The fourth-order valence-electron chi connectivity index (χ4n) is 2.69. The van der Waals surface area contributed by atoms with E-state index in [1.165, 1.54) is 10.4 Å². The van der Waals surface area contributed by atoms with Crippen LogP contribution in [0.2, 0.25) is 0 Å². The standard InChI is InChI=1S/C17H21N3O4S2/c18-14(13-4-2-1-3-5-13)12-19-17(21)16-15(6-11-25-16)26(22,23)20-7-9-24-10-8-20/h1-6,11,14H,7-10,12,18H2,(H,19,21). The summed E-state index contributed by atoms with van der Waals surface area (Å²) in [4.78, 5) is 12.7. The Morgan fingerprint density at radius 2 is 1.92 bits per heavy atom. The molecule has 2 heterocycles. The van der Waals surface area contributed by atoms with Crippen LogP contribution in [0.4, 0.5) is 0 Å². The summed E-state index contributed by atoms with van der Waals surface area (Å²) in [5.41, 5.74) is 6.99. The second-order valence-corrected chi connectivity index (χ2v) is 8.68. The minimum absolute atomic E-state index is 0.0372. The van der Waals surface area contributed by atoms with Crippen molar-refractivity contribution < 1.29 is 17.9 Å². The van der Waals surface area contributed by atoms with Crippen molar-refractivity contribution in [3.8, 4) is 0 Å². The molecule has 140 valence electrons. The molecule has 0 aliphatic carbocycles. The fraction of sp³-hybridized carbons (Fsp3) is 0.353. The molecule has 1 atom stereocenters. The first-order chi connectivity index (χ1) is 12.5. The van der Waals surface area contributed by atoms with E-state index in [2.05, 4.69) is 5.32 Å². The molecule has 9 heteroatoms. The Morgan fingerprint density at radius 3 is 2.62 bits per heavy atom. The van der Waals surface area contributed by atoms with Crippen molar-refractivity contribution in [3.63, 3.8) is 0 Å². The third-order valence-electron chi connectivity index (χ3n) is 4.13. The number of carbonyl (C=O) groups excluding carboxylic acids is 1. The average molecular weight is 396 g/mol. The molecule has 0 spiro atoms. The van der Waals surface area contributed by atoms with Crippen molar-refractivity contribution >= 4 is 27.3 Å². The second-order valence-electron chi connectivity index (χ2n) is 5.86. The van der Waals surface area contributed by atoms with E-state index in [9.17, 15) is 13.2 Å². The molecule has 3 N–H and O–H groups in total. The largest absolute Gasteiger partial charge is 0.379 e. The molecule has 0 saturated carbocycles. The van der Waals surface area contributed by atoms with Gasteiger partial charge < -0.3 is 15.8 Å². The number of carbonyl (C=O) groups is 1. The Bertz CT molecular complexity index is 846. The van der Waals surface area contributed by atoms with Crippen LogP contribution in [0.3, 0.4) is 0 Å². The van der Waals surface area contributed by atoms with E-state index in [-0.39, 0.29) is 35.4 Å².